The van der Waals surface area contributed by atoms with Crippen molar-refractivity contribution in [2.45, 2.75) is 64.6 Å². The molecule has 0 N–H and O–H groups in total. The second-order valence-electron chi connectivity index (χ2n) is 12.1. The largest absolute Gasteiger partial charge is 0.469 e. The van der Waals surface area contributed by atoms with Crippen molar-refractivity contribution in [1.29, 1.82) is 0 Å². The summed E-state index contributed by atoms with van der Waals surface area (Å²) in [6, 6.07) is 0. The van der Waals surface area contributed by atoms with Gasteiger partial charge in [-0.1, -0.05) is 13.8 Å². The summed E-state index contributed by atoms with van der Waals surface area (Å²) in [5, 5.41) is 0. The maximum Gasteiger partial charge on any atom is 0.308 e. The van der Waals surface area contributed by atoms with Gasteiger partial charge in [-0.25, -0.2) is 0 Å². The van der Waals surface area contributed by atoms with Crippen molar-refractivity contribution in [1.82, 2.24) is 4.90 Å². The smallest absolute Gasteiger partial charge is 0.308 e. The Bertz CT molecular complexity index is 743. The summed E-state index contributed by atoms with van der Waals surface area (Å²) in [6.45, 7) is 8.93. The monoisotopic (exact) mass is 417 g/mol. The van der Waals surface area contributed by atoms with Crippen LogP contribution in [0.4, 0.5) is 0 Å². The molecular formula is C25H39NO4. The number of carbonyl (C=O) groups excluding carboxylic acids is 1. The Hall–Kier alpha value is -0.650. The molecule has 4 saturated heterocycles. The summed E-state index contributed by atoms with van der Waals surface area (Å²) < 4.78 is 18.1. The fourth-order valence-corrected chi connectivity index (χ4v) is 10.2. The first-order valence-electron chi connectivity index (χ1n) is 12.3. The fraction of sp³-hybridized carbons (Fsp3) is 0.960. The third kappa shape index (κ3) is 2.13. The molecule has 3 spiro atoms. The molecule has 0 aromatic rings. The molecular weight excluding hydrogens is 378 g/mol. The molecule has 0 aromatic heterocycles. The van der Waals surface area contributed by atoms with Crippen molar-refractivity contribution >= 4 is 5.97 Å². The highest BCUT2D eigenvalue weighted by atomic mass is 16.7. The average Bonchev–Trinajstić information content (AvgIpc) is 3.23. The predicted molar refractivity (Wildman–Crippen MR) is 113 cm³/mol. The van der Waals surface area contributed by atoms with Crippen LogP contribution in [0.1, 0.15) is 58.8 Å². The van der Waals surface area contributed by atoms with Gasteiger partial charge in [-0.15, -0.1) is 0 Å². The maximum atomic E-state index is 12.9. The van der Waals surface area contributed by atoms with Crippen molar-refractivity contribution in [3.05, 3.63) is 0 Å². The Balaban J connectivity index is 1.46. The second-order valence-corrected chi connectivity index (χ2v) is 12.1. The maximum absolute atomic E-state index is 12.9. The zero-order chi connectivity index (χ0) is 20.9. The number of esters is 1. The summed E-state index contributed by atoms with van der Waals surface area (Å²) in [6.07, 6.45) is 8.41. The van der Waals surface area contributed by atoms with Crippen LogP contribution < -0.4 is 0 Å². The van der Waals surface area contributed by atoms with Crippen LogP contribution in [-0.4, -0.2) is 57.1 Å². The number of piperidine rings is 2. The lowest BCUT2D eigenvalue weighted by Gasteiger charge is -2.67. The highest BCUT2D eigenvalue weighted by Crippen LogP contribution is 2.78. The standard InChI is InChI=1S/C25H39NO4/c1-16(2)25(29-4)10-9-23(15-30-25)17-5-7-22-8-6-18-19(21(27)28-3)11-24(23,20(18)22)14-26(12-17)13-22/h16-20H,5-15H2,1-4H3/t17-,18+,19+,20-,22-,23-,24-,25+/m0/s1. The van der Waals surface area contributed by atoms with Crippen LogP contribution >= 0.6 is 0 Å². The number of ether oxygens (including phenoxy) is 3. The second kappa shape index (κ2) is 6.23. The molecule has 3 saturated carbocycles. The molecule has 30 heavy (non-hydrogen) atoms. The van der Waals surface area contributed by atoms with Crippen LogP contribution in [0, 0.1) is 45.8 Å². The van der Waals surface area contributed by atoms with E-state index >= 15 is 0 Å². The van der Waals surface area contributed by atoms with Crippen LogP contribution in [0.5, 0.6) is 0 Å². The third-order valence-electron chi connectivity index (χ3n) is 11.3. The summed E-state index contributed by atoms with van der Waals surface area (Å²) in [7, 11) is 3.40. The predicted octanol–water partition coefficient (Wildman–Crippen LogP) is 3.71. The number of hydrogen-bond donors (Lipinski definition) is 0. The van der Waals surface area contributed by atoms with E-state index in [1.807, 2.05) is 7.11 Å². The lowest BCUT2D eigenvalue weighted by atomic mass is 9.46. The van der Waals surface area contributed by atoms with Gasteiger partial charge in [0.05, 0.1) is 19.6 Å². The molecule has 0 aromatic carbocycles. The number of nitrogens with zero attached hydrogens (tertiary/aromatic N) is 1. The van der Waals surface area contributed by atoms with Gasteiger partial charge < -0.3 is 19.1 Å². The van der Waals surface area contributed by atoms with E-state index < -0.39 is 5.79 Å². The molecule has 5 heteroatoms. The van der Waals surface area contributed by atoms with Crippen molar-refractivity contribution < 1.29 is 19.0 Å². The lowest BCUT2D eigenvalue weighted by Crippen LogP contribution is -2.70. The van der Waals surface area contributed by atoms with Crippen LogP contribution in [0.3, 0.4) is 0 Å². The molecule has 0 amide bonds. The lowest BCUT2D eigenvalue weighted by molar-refractivity contribution is -0.323. The minimum atomic E-state index is -0.446. The normalized spacial score (nSPS) is 55.8. The molecule has 3 aliphatic carbocycles. The summed E-state index contributed by atoms with van der Waals surface area (Å²) in [4.78, 5) is 15.7. The van der Waals surface area contributed by atoms with Crippen LogP contribution in [0.25, 0.3) is 0 Å². The zero-order valence-electron chi connectivity index (χ0n) is 19.2. The Labute approximate surface area is 181 Å². The molecule has 0 radical (unpaired) electrons. The van der Waals surface area contributed by atoms with Gasteiger partial charge in [-0.2, -0.15) is 0 Å². The zero-order valence-corrected chi connectivity index (χ0v) is 19.2. The van der Waals surface area contributed by atoms with E-state index in [9.17, 15) is 4.79 Å². The number of carbonyl (C=O) groups is 1. The van der Waals surface area contributed by atoms with Gasteiger partial charge in [0.25, 0.3) is 0 Å². The van der Waals surface area contributed by atoms with Crippen molar-refractivity contribution in [3.63, 3.8) is 0 Å². The average molecular weight is 418 g/mol. The molecule has 4 bridgehead atoms. The fourth-order valence-electron chi connectivity index (χ4n) is 10.2. The Morgan fingerprint density at radius 1 is 1.07 bits per heavy atom. The van der Waals surface area contributed by atoms with Gasteiger partial charge in [0.2, 0.25) is 0 Å². The van der Waals surface area contributed by atoms with E-state index in [1.165, 1.54) is 51.7 Å². The molecule has 5 nitrogen and oxygen atoms in total. The first kappa shape index (κ1) is 20.0. The third-order valence-corrected chi connectivity index (χ3v) is 11.3. The molecule has 9 atom stereocenters. The summed E-state index contributed by atoms with van der Waals surface area (Å²) in [5.74, 6) is 1.93. The summed E-state index contributed by atoms with van der Waals surface area (Å²) in [5.41, 5.74) is 0.831. The van der Waals surface area contributed by atoms with Crippen LogP contribution in [0.15, 0.2) is 0 Å². The van der Waals surface area contributed by atoms with Gasteiger partial charge in [0.15, 0.2) is 5.79 Å². The van der Waals surface area contributed by atoms with E-state index in [0.29, 0.717) is 29.1 Å². The molecule has 4 aliphatic heterocycles. The van der Waals surface area contributed by atoms with Crippen LogP contribution in [-0.2, 0) is 19.0 Å². The molecule has 7 fully saturated rings. The Morgan fingerprint density at radius 3 is 2.53 bits per heavy atom. The summed E-state index contributed by atoms with van der Waals surface area (Å²) >= 11 is 0. The first-order chi connectivity index (χ1) is 14.4. The number of hydrogen-bond acceptors (Lipinski definition) is 5. The van der Waals surface area contributed by atoms with Gasteiger partial charge in [-0.05, 0) is 67.1 Å². The molecule has 1 unspecified atom stereocenters. The van der Waals surface area contributed by atoms with E-state index in [2.05, 4.69) is 18.7 Å². The topological polar surface area (TPSA) is 48.0 Å². The quantitative estimate of drug-likeness (QED) is 0.655. The van der Waals surface area contributed by atoms with E-state index in [-0.39, 0.29) is 22.7 Å². The van der Waals surface area contributed by atoms with Gasteiger partial charge in [-0.3, -0.25) is 4.79 Å². The highest BCUT2D eigenvalue weighted by Gasteiger charge is 2.78. The highest BCUT2D eigenvalue weighted by molar-refractivity contribution is 5.73. The minimum absolute atomic E-state index is 0.0501. The first-order valence-corrected chi connectivity index (χ1v) is 12.3. The molecule has 7 aliphatic rings. The Kier molecular flexibility index (Phi) is 4.15. The van der Waals surface area contributed by atoms with Crippen molar-refractivity contribution in [3.8, 4) is 0 Å². The Morgan fingerprint density at radius 2 is 1.87 bits per heavy atom. The number of methoxy groups -OCH3 is 2. The SMILES string of the molecule is COC(=O)[C@@H]1C[C@]23CN4C[C@H](CC[C@]5(CC[C@H]1[C@@H]52)C4)[C@@]31CC[C@](OC)(C(C)C)OC1. The molecule has 168 valence electrons. The van der Waals surface area contributed by atoms with Gasteiger partial charge in [0, 0.05) is 44.5 Å². The van der Waals surface area contributed by atoms with E-state index in [1.54, 1.807) is 7.11 Å². The molecule has 7 rings (SSSR count). The minimum Gasteiger partial charge on any atom is -0.469 e. The number of rotatable bonds is 3. The van der Waals surface area contributed by atoms with Gasteiger partial charge >= 0.3 is 5.97 Å². The van der Waals surface area contributed by atoms with E-state index in [4.69, 9.17) is 14.2 Å². The van der Waals surface area contributed by atoms with Gasteiger partial charge in [0.1, 0.15) is 0 Å². The van der Waals surface area contributed by atoms with Crippen molar-refractivity contribution in [2.75, 3.05) is 40.5 Å². The van der Waals surface area contributed by atoms with Crippen molar-refractivity contribution in [2.24, 2.45) is 45.8 Å². The van der Waals surface area contributed by atoms with E-state index in [0.717, 1.165) is 19.4 Å². The number of fused-ring (bicyclic) bond motifs is 1. The molecule has 4 heterocycles. The van der Waals surface area contributed by atoms with Crippen LogP contribution in [0.2, 0.25) is 0 Å².